The summed E-state index contributed by atoms with van der Waals surface area (Å²) in [7, 11) is 4.25. The van der Waals surface area contributed by atoms with Gasteiger partial charge in [0.1, 0.15) is 6.54 Å². The van der Waals surface area contributed by atoms with E-state index < -0.39 is 23.7 Å². The minimum absolute atomic E-state index is 0.229. The molecule has 1 saturated heterocycles. The summed E-state index contributed by atoms with van der Waals surface area (Å²) in [6, 6.07) is 3.51. The number of hydrogen-bond donors (Lipinski definition) is 0. The maximum Gasteiger partial charge on any atom is 0.325 e. The average Bonchev–Trinajstić information content (AvgIpc) is 2.81. The van der Waals surface area contributed by atoms with Crippen LogP contribution in [0.2, 0.25) is 0 Å². The van der Waals surface area contributed by atoms with Gasteiger partial charge in [0, 0.05) is 0 Å². The van der Waals surface area contributed by atoms with Crippen molar-refractivity contribution in [1.29, 1.82) is 0 Å². The van der Waals surface area contributed by atoms with Gasteiger partial charge in [0.25, 0.3) is 11.1 Å². The number of amides is 2. The molecule has 0 spiro atoms. The van der Waals surface area contributed by atoms with Crippen molar-refractivity contribution in [2.24, 2.45) is 0 Å². The van der Waals surface area contributed by atoms with Gasteiger partial charge in [0.15, 0.2) is 11.5 Å². The fourth-order valence-electron chi connectivity index (χ4n) is 2.00. The van der Waals surface area contributed by atoms with Crippen LogP contribution in [0.25, 0.3) is 6.08 Å². The van der Waals surface area contributed by atoms with Gasteiger partial charge in [0.05, 0.1) is 29.8 Å². The number of benzene rings is 1. The lowest BCUT2D eigenvalue weighted by Gasteiger charge is -2.11. The standard InChI is InChI=1S/C15H14INO6S/c1-21-10-5-8(4-9(16)13(10)23-3)6-11-14(19)17(15(20)24-11)7-12(18)22-2/h4-6H,7H2,1-3H3. The molecule has 128 valence electrons. The molecule has 1 heterocycles. The third-order valence-electron chi connectivity index (χ3n) is 3.14. The topological polar surface area (TPSA) is 82.1 Å². The maximum absolute atomic E-state index is 12.3. The van der Waals surface area contributed by atoms with E-state index >= 15 is 0 Å². The number of carbonyl (C=O) groups is 3. The smallest absolute Gasteiger partial charge is 0.325 e. The van der Waals surface area contributed by atoms with Crippen molar-refractivity contribution in [3.05, 3.63) is 26.2 Å². The Hall–Kier alpha value is -1.75. The number of nitrogens with zero attached hydrogens (tertiary/aromatic N) is 1. The van der Waals surface area contributed by atoms with Crippen molar-refractivity contribution in [3.8, 4) is 11.5 Å². The van der Waals surface area contributed by atoms with Gasteiger partial charge in [-0.05, 0) is 58.1 Å². The highest BCUT2D eigenvalue weighted by Gasteiger charge is 2.36. The minimum Gasteiger partial charge on any atom is -0.493 e. The first-order valence-electron chi connectivity index (χ1n) is 6.65. The largest absolute Gasteiger partial charge is 0.493 e. The van der Waals surface area contributed by atoms with Crippen LogP contribution in [0, 0.1) is 3.57 Å². The molecular formula is C15H14INO6S. The van der Waals surface area contributed by atoms with Crippen LogP contribution in [0.1, 0.15) is 5.56 Å². The highest BCUT2D eigenvalue weighted by Crippen LogP contribution is 2.36. The number of thioether (sulfide) groups is 1. The monoisotopic (exact) mass is 463 g/mol. The van der Waals surface area contributed by atoms with Crippen molar-refractivity contribution < 1.29 is 28.6 Å². The molecular weight excluding hydrogens is 449 g/mol. The van der Waals surface area contributed by atoms with E-state index in [9.17, 15) is 14.4 Å². The lowest BCUT2D eigenvalue weighted by atomic mass is 10.2. The van der Waals surface area contributed by atoms with E-state index in [-0.39, 0.29) is 4.91 Å². The van der Waals surface area contributed by atoms with E-state index in [0.29, 0.717) is 17.1 Å². The Morgan fingerprint density at radius 1 is 1.25 bits per heavy atom. The van der Waals surface area contributed by atoms with Crippen LogP contribution in [0.5, 0.6) is 11.5 Å². The van der Waals surface area contributed by atoms with Crippen LogP contribution in [0.3, 0.4) is 0 Å². The zero-order valence-electron chi connectivity index (χ0n) is 13.1. The molecule has 1 aromatic rings. The first-order valence-corrected chi connectivity index (χ1v) is 8.54. The van der Waals surface area contributed by atoms with Gasteiger partial charge in [-0.1, -0.05) is 0 Å². The molecule has 1 aliphatic heterocycles. The van der Waals surface area contributed by atoms with E-state index in [1.807, 2.05) is 0 Å². The number of ether oxygens (including phenoxy) is 3. The molecule has 0 unspecified atom stereocenters. The number of carbonyl (C=O) groups excluding carboxylic acids is 3. The van der Waals surface area contributed by atoms with E-state index in [0.717, 1.165) is 20.2 Å². The average molecular weight is 463 g/mol. The SMILES string of the molecule is COC(=O)CN1C(=O)SC(=Cc2cc(I)c(OC)c(OC)c2)C1=O. The fourth-order valence-corrected chi connectivity index (χ4v) is 3.69. The Labute approximate surface area is 156 Å². The van der Waals surface area contributed by atoms with E-state index in [1.54, 1.807) is 18.2 Å². The van der Waals surface area contributed by atoms with Gasteiger partial charge in [-0.15, -0.1) is 0 Å². The molecule has 1 aliphatic rings. The molecule has 9 heteroatoms. The summed E-state index contributed by atoms with van der Waals surface area (Å²) in [4.78, 5) is 36.6. The summed E-state index contributed by atoms with van der Waals surface area (Å²) in [6.07, 6.45) is 1.58. The van der Waals surface area contributed by atoms with Crippen LogP contribution in [0.4, 0.5) is 4.79 Å². The Balaban J connectivity index is 2.32. The third kappa shape index (κ3) is 3.83. The second kappa shape index (κ2) is 7.88. The van der Waals surface area contributed by atoms with E-state index in [1.165, 1.54) is 21.3 Å². The Kier molecular flexibility index (Phi) is 6.10. The summed E-state index contributed by atoms with van der Waals surface area (Å²) >= 11 is 2.87. The fraction of sp³-hybridized carbons (Fsp3) is 0.267. The normalized spacial score (nSPS) is 15.8. The number of methoxy groups -OCH3 is 3. The minimum atomic E-state index is -0.654. The Morgan fingerprint density at radius 3 is 2.54 bits per heavy atom. The maximum atomic E-state index is 12.3. The lowest BCUT2D eigenvalue weighted by Crippen LogP contribution is -2.34. The zero-order valence-corrected chi connectivity index (χ0v) is 16.1. The first-order chi connectivity index (χ1) is 11.4. The van der Waals surface area contributed by atoms with Gasteiger partial charge in [-0.25, -0.2) is 0 Å². The molecule has 0 aliphatic carbocycles. The van der Waals surface area contributed by atoms with Crippen molar-refractivity contribution in [3.63, 3.8) is 0 Å². The molecule has 0 radical (unpaired) electrons. The molecule has 24 heavy (non-hydrogen) atoms. The molecule has 2 rings (SSSR count). The summed E-state index contributed by atoms with van der Waals surface area (Å²) < 4.78 is 15.8. The van der Waals surface area contributed by atoms with Crippen molar-refractivity contribution in [2.45, 2.75) is 0 Å². The number of halogens is 1. The summed E-state index contributed by atoms with van der Waals surface area (Å²) in [5, 5.41) is -0.508. The van der Waals surface area contributed by atoms with Gasteiger partial charge in [-0.3, -0.25) is 19.3 Å². The molecule has 0 saturated carbocycles. The van der Waals surface area contributed by atoms with Gasteiger partial charge >= 0.3 is 5.97 Å². The lowest BCUT2D eigenvalue weighted by molar-refractivity contribution is -0.143. The van der Waals surface area contributed by atoms with E-state index in [2.05, 4.69) is 27.3 Å². The molecule has 0 aromatic heterocycles. The van der Waals surface area contributed by atoms with Crippen LogP contribution < -0.4 is 9.47 Å². The van der Waals surface area contributed by atoms with Crippen LogP contribution in [0.15, 0.2) is 17.0 Å². The number of imide groups is 1. The summed E-state index contributed by atoms with van der Waals surface area (Å²) in [6.45, 7) is -0.401. The quantitative estimate of drug-likeness (QED) is 0.377. The summed E-state index contributed by atoms with van der Waals surface area (Å²) in [5.74, 6) is -0.0714. The second-order valence-corrected chi connectivity index (χ2v) is 6.74. The van der Waals surface area contributed by atoms with Crippen molar-refractivity contribution in [1.82, 2.24) is 4.90 Å². The number of esters is 1. The highest BCUT2D eigenvalue weighted by molar-refractivity contribution is 14.1. The Bertz CT molecular complexity index is 733. The van der Waals surface area contributed by atoms with Gasteiger partial charge < -0.3 is 14.2 Å². The molecule has 0 N–H and O–H groups in total. The number of hydrogen-bond acceptors (Lipinski definition) is 7. The zero-order chi connectivity index (χ0) is 17.9. The van der Waals surface area contributed by atoms with Gasteiger partial charge in [0.2, 0.25) is 0 Å². The molecule has 2 amide bonds. The molecule has 1 fully saturated rings. The van der Waals surface area contributed by atoms with E-state index in [4.69, 9.17) is 9.47 Å². The third-order valence-corrected chi connectivity index (χ3v) is 4.85. The molecule has 7 nitrogen and oxygen atoms in total. The second-order valence-electron chi connectivity index (χ2n) is 4.58. The van der Waals surface area contributed by atoms with Crippen molar-refractivity contribution in [2.75, 3.05) is 27.9 Å². The molecule has 0 atom stereocenters. The van der Waals surface area contributed by atoms with Gasteiger partial charge in [-0.2, -0.15) is 0 Å². The Morgan fingerprint density at radius 2 is 1.96 bits per heavy atom. The predicted octanol–water partition coefficient (Wildman–Crippen LogP) is 2.52. The van der Waals surface area contributed by atoms with Crippen LogP contribution >= 0.6 is 34.4 Å². The molecule has 0 bridgehead atoms. The summed E-state index contributed by atoms with van der Waals surface area (Å²) in [5.41, 5.74) is 0.681. The predicted molar refractivity (Wildman–Crippen MR) is 97.0 cm³/mol. The molecule has 1 aromatic carbocycles. The highest BCUT2D eigenvalue weighted by atomic mass is 127. The van der Waals surface area contributed by atoms with Crippen LogP contribution in [-0.4, -0.2) is 49.9 Å². The van der Waals surface area contributed by atoms with Crippen molar-refractivity contribution >= 4 is 57.5 Å². The number of rotatable bonds is 5. The first kappa shape index (κ1) is 18.6. The van der Waals surface area contributed by atoms with Crippen LogP contribution in [-0.2, 0) is 14.3 Å².